The molecule has 0 aliphatic carbocycles. The summed E-state index contributed by atoms with van der Waals surface area (Å²) in [4.78, 5) is 16.4. The molecule has 2 aromatic carbocycles. The molecule has 28 heavy (non-hydrogen) atoms. The van der Waals surface area contributed by atoms with Crippen LogP contribution in [0.5, 0.6) is 0 Å². The zero-order valence-corrected chi connectivity index (χ0v) is 14.3. The third kappa shape index (κ3) is 4.65. The Bertz CT molecular complexity index is 1020. The van der Waals surface area contributed by atoms with Crippen molar-refractivity contribution in [1.29, 1.82) is 5.26 Å². The van der Waals surface area contributed by atoms with Crippen molar-refractivity contribution in [2.24, 2.45) is 0 Å². The summed E-state index contributed by atoms with van der Waals surface area (Å²) in [6.45, 7) is 0. The Kier molecular flexibility index (Phi) is 5.27. The summed E-state index contributed by atoms with van der Waals surface area (Å²) in [7, 11) is 0. The van der Waals surface area contributed by atoms with E-state index in [-0.39, 0.29) is 11.3 Å². The van der Waals surface area contributed by atoms with Crippen LogP contribution in [0.15, 0.2) is 66.9 Å². The van der Waals surface area contributed by atoms with Gasteiger partial charge in [-0.3, -0.25) is 4.79 Å². The molecule has 0 unspecified atom stereocenters. The molecule has 0 bridgehead atoms. The average molecular weight is 382 g/mol. The van der Waals surface area contributed by atoms with Gasteiger partial charge in [0.15, 0.2) is 0 Å². The summed E-state index contributed by atoms with van der Waals surface area (Å²) in [6.07, 6.45) is -3.09. The number of hydrogen-bond donors (Lipinski definition) is 2. The van der Waals surface area contributed by atoms with E-state index in [4.69, 9.17) is 5.26 Å². The van der Waals surface area contributed by atoms with Crippen molar-refractivity contribution < 1.29 is 18.0 Å². The molecule has 0 saturated heterocycles. The molecule has 2 N–H and O–H groups in total. The van der Waals surface area contributed by atoms with Crippen LogP contribution in [-0.4, -0.2) is 10.9 Å². The number of benzene rings is 2. The second kappa shape index (κ2) is 7.80. The molecule has 140 valence electrons. The highest BCUT2D eigenvalue weighted by atomic mass is 19.4. The minimum Gasteiger partial charge on any atom is -0.340 e. The number of pyridine rings is 1. The standard InChI is InChI=1S/C20H13F3N4O/c21-20(22,23)15-5-7-16(8-6-15)27-19(28)14-4-9-18(25-12-14)26-17-3-1-2-13(10-17)11-24/h1-10,12H,(H,25,26)(H,27,28). The molecule has 0 spiro atoms. The lowest BCUT2D eigenvalue weighted by molar-refractivity contribution is -0.137. The molecule has 0 aliphatic rings. The van der Waals surface area contributed by atoms with Gasteiger partial charge in [-0.15, -0.1) is 0 Å². The minimum atomic E-state index is -4.43. The molecule has 0 fully saturated rings. The lowest BCUT2D eigenvalue weighted by Gasteiger charge is -2.09. The van der Waals surface area contributed by atoms with Crippen LogP contribution in [0.3, 0.4) is 0 Å². The number of anilines is 3. The molecule has 3 aromatic rings. The second-order valence-electron chi connectivity index (χ2n) is 5.78. The number of hydrogen-bond acceptors (Lipinski definition) is 4. The smallest absolute Gasteiger partial charge is 0.340 e. The fourth-order valence-corrected chi connectivity index (χ4v) is 2.36. The van der Waals surface area contributed by atoms with Crippen LogP contribution in [-0.2, 0) is 6.18 Å². The first-order chi connectivity index (χ1) is 13.3. The summed E-state index contributed by atoms with van der Waals surface area (Å²) >= 11 is 0. The van der Waals surface area contributed by atoms with Crippen molar-refractivity contribution >= 4 is 23.1 Å². The number of rotatable bonds is 4. The first-order valence-electron chi connectivity index (χ1n) is 8.07. The number of carbonyl (C=O) groups excluding carboxylic acids is 1. The van der Waals surface area contributed by atoms with E-state index >= 15 is 0 Å². The largest absolute Gasteiger partial charge is 0.416 e. The summed E-state index contributed by atoms with van der Waals surface area (Å²) in [5, 5.41) is 14.4. The van der Waals surface area contributed by atoms with Gasteiger partial charge in [0.1, 0.15) is 5.82 Å². The van der Waals surface area contributed by atoms with Crippen LogP contribution in [0.25, 0.3) is 0 Å². The van der Waals surface area contributed by atoms with Gasteiger partial charge in [0, 0.05) is 17.6 Å². The van der Waals surface area contributed by atoms with E-state index in [0.717, 1.165) is 12.1 Å². The van der Waals surface area contributed by atoms with Crippen LogP contribution < -0.4 is 10.6 Å². The lowest BCUT2D eigenvalue weighted by Crippen LogP contribution is -2.13. The number of carbonyl (C=O) groups is 1. The van der Waals surface area contributed by atoms with Crippen molar-refractivity contribution in [3.05, 3.63) is 83.6 Å². The summed E-state index contributed by atoms with van der Waals surface area (Å²) < 4.78 is 37.7. The Morgan fingerprint density at radius 3 is 2.36 bits per heavy atom. The van der Waals surface area contributed by atoms with E-state index in [0.29, 0.717) is 17.1 Å². The molecule has 0 aliphatic heterocycles. The average Bonchev–Trinajstić information content (AvgIpc) is 2.68. The molecular formula is C20H13F3N4O. The molecule has 0 atom stereocenters. The van der Waals surface area contributed by atoms with Gasteiger partial charge < -0.3 is 10.6 Å². The van der Waals surface area contributed by atoms with E-state index in [1.807, 2.05) is 6.07 Å². The van der Waals surface area contributed by atoms with Crippen molar-refractivity contribution in [2.45, 2.75) is 6.18 Å². The molecule has 1 heterocycles. The van der Waals surface area contributed by atoms with Crippen LogP contribution in [0, 0.1) is 11.3 Å². The third-order valence-corrected chi connectivity index (χ3v) is 3.76. The summed E-state index contributed by atoms with van der Waals surface area (Å²) in [6, 6.07) is 16.2. The van der Waals surface area contributed by atoms with E-state index in [9.17, 15) is 18.0 Å². The molecule has 0 radical (unpaired) electrons. The van der Waals surface area contributed by atoms with E-state index < -0.39 is 17.6 Å². The number of alkyl halides is 3. The number of amides is 1. The Balaban J connectivity index is 1.66. The minimum absolute atomic E-state index is 0.244. The van der Waals surface area contributed by atoms with Gasteiger partial charge in [0.25, 0.3) is 5.91 Å². The van der Waals surface area contributed by atoms with Gasteiger partial charge in [0.05, 0.1) is 22.8 Å². The van der Waals surface area contributed by atoms with Crippen LogP contribution in [0.2, 0.25) is 0 Å². The highest BCUT2D eigenvalue weighted by molar-refractivity contribution is 6.04. The number of aromatic nitrogens is 1. The Hall–Kier alpha value is -3.86. The molecular weight excluding hydrogens is 369 g/mol. The van der Waals surface area contributed by atoms with Crippen LogP contribution >= 0.6 is 0 Å². The number of nitrogens with one attached hydrogen (secondary N) is 2. The Morgan fingerprint density at radius 2 is 1.75 bits per heavy atom. The zero-order chi connectivity index (χ0) is 20.1. The van der Waals surface area contributed by atoms with Gasteiger partial charge in [-0.25, -0.2) is 4.98 Å². The van der Waals surface area contributed by atoms with E-state index in [2.05, 4.69) is 15.6 Å². The maximum absolute atomic E-state index is 12.6. The molecule has 8 heteroatoms. The Morgan fingerprint density at radius 1 is 1.00 bits per heavy atom. The topological polar surface area (TPSA) is 77.8 Å². The third-order valence-electron chi connectivity index (χ3n) is 3.76. The predicted molar refractivity (Wildman–Crippen MR) is 98.1 cm³/mol. The maximum atomic E-state index is 12.6. The molecule has 3 rings (SSSR count). The fraction of sp³-hybridized carbons (Fsp3) is 0.0500. The van der Waals surface area contributed by atoms with Gasteiger partial charge in [0.2, 0.25) is 0 Å². The van der Waals surface area contributed by atoms with E-state index in [1.54, 1.807) is 30.3 Å². The number of nitrogens with zero attached hydrogens (tertiary/aromatic N) is 2. The second-order valence-corrected chi connectivity index (χ2v) is 5.78. The molecule has 0 saturated carbocycles. The van der Waals surface area contributed by atoms with Gasteiger partial charge in [-0.2, -0.15) is 18.4 Å². The predicted octanol–water partition coefficient (Wildman–Crippen LogP) is 4.97. The number of nitriles is 1. The quantitative estimate of drug-likeness (QED) is 0.668. The highest BCUT2D eigenvalue weighted by Crippen LogP contribution is 2.29. The Labute approximate surface area is 158 Å². The monoisotopic (exact) mass is 382 g/mol. The van der Waals surface area contributed by atoms with Crippen LogP contribution in [0.1, 0.15) is 21.5 Å². The van der Waals surface area contributed by atoms with Crippen molar-refractivity contribution in [2.75, 3.05) is 10.6 Å². The first kappa shape index (κ1) is 18.9. The van der Waals surface area contributed by atoms with Gasteiger partial charge in [-0.1, -0.05) is 6.07 Å². The molecule has 5 nitrogen and oxygen atoms in total. The lowest BCUT2D eigenvalue weighted by atomic mass is 10.2. The van der Waals surface area contributed by atoms with Crippen molar-refractivity contribution in [3.8, 4) is 6.07 Å². The first-order valence-corrected chi connectivity index (χ1v) is 8.07. The SMILES string of the molecule is N#Cc1cccc(Nc2ccc(C(=O)Nc3ccc(C(F)(F)F)cc3)cn2)c1. The van der Waals surface area contributed by atoms with E-state index in [1.165, 1.54) is 24.4 Å². The molecule has 1 aromatic heterocycles. The summed E-state index contributed by atoms with van der Waals surface area (Å²) in [5.74, 6) is -0.0218. The normalized spacial score (nSPS) is 10.8. The number of halogens is 3. The highest BCUT2D eigenvalue weighted by Gasteiger charge is 2.30. The van der Waals surface area contributed by atoms with Crippen molar-refractivity contribution in [3.63, 3.8) is 0 Å². The van der Waals surface area contributed by atoms with Gasteiger partial charge in [-0.05, 0) is 54.6 Å². The summed E-state index contributed by atoms with van der Waals surface area (Å²) in [5.41, 5.74) is 0.874. The van der Waals surface area contributed by atoms with Crippen molar-refractivity contribution in [1.82, 2.24) is 4.98 Å². The molecule has 1 amide bonds. The fourth-order valence-electron chi connectivity index (χ4n) is 2.36. The maximum Gasteiger partial charge on any atom is 0.416 e. The zero-order valence-electron chi connectivity index (χ0n) is 14.3. The van der Waals surface area contributed by atoms with Crippen LogP contribution in [0.4, 0.5) is 30.4 Å². The van der Waals surface area contributed by atoms with Gasteiger partial charge >= 0.3 is 6.18 Å².